The Morgan fingerprint density at radius 3 is 2.83 bits per heavy atom. The molecule has 1 fully saturated rings. The van der Waals surface area contributed by atoms with Crippen molar-refractivity contribution >= 4 is 39.3 Å². The molecule has 7 heteroatoms. The molecule has 1 aliphatic rings. The molecule has 0 atom stereocenters. The van der Waals surface area contributed by atoms with Crippen LogP contribution in [0.3, 0.4) is 0 Å². The van der Waals surface area contributed by atoms with Crippen LogP contribution >= 0.6 is 27.5 Å². The van der Waals surface area contributed by atoms with Crippen LogP contribution < -0.4 is 4.90 Å². The fraction of sp³-hybridized carbons (Fsp3) is 0.545. The summed E-state index contributed by atoms with van der Waals surface area (Å²) in [6, 6.07) is 0. The molecule has 0 aromatic carbocycles. The number of carbonyl (C=O) groups is 1. The third-order valence-electron chi connectivity index (χ3n) is 2.97. The zero-order chi connectivity index (χ0) is 13.1. The lowest BCUT2D eigenvalue weighted by Gasteiger charge is -2.23. The Balaban J connectivity index is 2.15. The van der Waals surface area contributed by atoms with Crippen LogP contribution in [0.2, 0.25) is 5.15 Å². The summed E-state index contributed by atoms with van der Waals surface area (Å²) in [6.07, 6.45) is 2.38. The van der Waals surface area contributed by atoms with E-state index in [2.05, 4.69) is 30.8 Å². The summed E-state index contributed by atoms with van der Waals surface area (Å²) in [5.74, 6) is 0.914. The maximum absolute atomic E-state index is 11.4. The first-order chi connectivity index (χ1) is 8.59. The number of carbonyl (C=O) groups excluding carboxylic acids is 1. The SMILES string of the molecule is CC(=O)N1CCCN(c2ncnc(Cl)c2Br)CC1. The molecule has 0 bridgehead atoms. The minimum Gasteiger partial charge on any atom is -0.354 e. The van der Waals surface area contributed by atoms with Crippen molar-refractivity contribution in [3.05, 3.63) is 16.0 Å². The van der Waals surface area contributed by atoms with Gasteiger partial charge in [0.05, 0.1) is 4.47 Å². The van der Waals surface area contributed by atoms with Crippen LogP contribution in [0.1, 0.15) is 13.3 Å². The summed E-state index contributed by atoms with van der Waals surface area (Å²) in [5, 5.41) is 0.410. The topological polar surface area (TPSA) is 49.3 Å². The van der Waals surface area contributed by atoms with Gasteiger partial charge in [-0.15, -0.1) is 0 Å². The number of amides is 1. The van der Waals surface area contributed by atoms with Crippen molar-refractivity contribution in [1.29, 1.82) is 0 Å². The van der Waals surface area contributed by atoms with E-state index in [0.717, 1.165) is 31.9 Å². The van der Waals surface area contributed by atoms with Gasteiger partial charge in [0.2, 0.25) is 5.91 Å². The summed E-state index contributed by atoms with van der Waals surface area (Å²) >= 11 is 9.37. The molecule has 1 saturated heterocycles. The Morgan fingerprint density at radius 2 is 2.11 bits per heavy atom. The van der Waals surface area contributed by atoms with E-state index in [1.807, 2.05) is 4.90 Å². The van der Waals surface area contributed by atoms with Crippen molar-refractivity contribution in [2.24, 2.45) is 0 Å². The summed E-state index contributed by atoms with van der Waals surface area (Å²) in [5.41, 5.74) is 0. The van der Waals surface area contributed by atoms with E-state index in [-0.39, 0.29) is 5.91 Å². The molecule has 2 heterocycles. The number of hydrogen-bond donors (Lipinski definition) is 0. The Labute approximate surface area is 119 Å². The van der Waals surface area contributed by atoms with Gasteiger partial charge in [0.25, 0.3) is 0 Å². The van der Waals surface area contributed by atoms with Gasteiger partial charge >= 0.3 is 0 Å². The minimum atomic E-state index is 0.122. The van der Waals surface area contributed by atoms with Crippen molar-refractivity contribution in [2.45, 2.75) is 13.3 Å². The van der Waals surface area contributed by atoms with Crippen LogP contribution in [0, 0.1) is 0 Å². The van der Waals surface area contributed by atoms with Gasteiger partial charge < -0.3 is 9.80 Å². The van der Waals surface area contributed by atoms with Crippen LogP contribution in [0.15, 0.2) is 10.8 Å². The van der Waals surface area contributed by atoms with Crippen LogP contribution in [-0.2, 0) is 4.79 Å². The molecule has 0 saturated carbocycles. The Morgan fingerprint density at radius 1 is 1.33 bits per heavy atom. The van der Waals surface area contributed by atoms with E-state index in [4.69, 9.17) is 11.6 Å². The minimum absolute atomic E-state index is 0.122. The van der Waals surface area contributed by atoms with E-state index < -0.39 is 0 Å². The first kappa shape index (κ1) is 13.5. The lowest BCUT2D eigenvalue weighted by molar-refractivity contribution is -0.128. The summed E-state index contributed by atoms with van der Waals surface area (Å²) in [7, 11) is 0. The van der Waals surface area contributed by atoms with Crippen LogP contribution in [-0.4, -0.2) is 47.0 Å². The van der Waals surface area contributed by atoms with Gasteiger partial charge in [-0.3, -0.25) is 4.79 Å². The highest BCUT2D eigenvalue weighted by Crippen LogP contribution is 2.29. The molecular formula is C11H14BrClN4O. The average molecular weight is 334 g/mol. The van der Waals surface area contributed by atoms with Crippen LogP contribution in [0.5, 0.6) is 0 Å². The summed E-state index contributed by atoms with van der Waals surface area (Å²) < 4.78 is 0.711. The van der Waals surface area contributed by atoms with Crippen molar-refractivity contribution < 1.29 is 4.79 Å². The molecule has 5 nitrogen and oxygen atoms in total. The molecule has 1 aromatic rings. The van der Waals surface area contributed by atoms with Gasteiger partial charge in [-0.1, -0.05) is 11.6 Å². The number of rotatable bonds is 1. The zero-order valence-corrected chi connectivity index (χ0v) is 12.4. The molecule has 18 heavy (non-hydrogen) atoms. The maximum Gasteiger partial charge on any atom is 0.219 e. The van der Waals surface area contributed by atoms with E-state index in [1.54, 1.807) is 6.92 Å². The number of nitrogens with zero attached hydrogens (tertiary/aromatic N) is 4. The fourth-order valence-electron chi connectivity index (χ4n) is 2.00. The number of hydrogen-bond acceptors (Lipinski definition) is 4. The Bertz CT molecular complexity index is 457. The zero-order valence-electron chi connectivity index (χ0n) is 10.1. The standard InChI is InChI=1S/C11H14BrClN4O/c1-8(18)16-3-2-4-17(6-5-16)11-9(12)10(13)14-7-15-11/h7H,2-6H2,1H3. The average Bonchev–Trinajstić information content (AvgIpc) is 2.58. The Hall–Kier alpha value is -0.880. The summed E-state index contributed by atoms with van der Waals surface area (Å²) in [6.45, 7) is 4.72. The molecule has 0 unspecified atom stereocenters. The Kier molecular flexibility index (Phi) is 4.40. The molecule has 1 amide bonds. The lowest BCUT2D eigenvalue weighted by atomic mass is 10.4. The quantitative estimate of drug-likeness (QED) is 0.737. The van der Waals surface area contributed by atoms with Gasteiger partial charge in [0.15, 0.2) is 0 Å². The predicted octanol–water partition coefficient (Wildman–Crippen LogP) is 1.95. The second-order valence-electron chi connectivity index (χ2n) is 4.15. The molecule has 1 aromatic heterocycles. The second kappa shape index (κ2) is 5.84. The number of aromatic nitrogens is 2. The third-order valence-corrected chi connectivity index (χ3v) is 4.21. The lowest BCUT2D eigenvalue weighted by Crippen LogP contribution is -2.34. The molecular weight excluding hydrogens is 320 g/mol. The van der Waals surface area contributed by atoms with Crippen LogP contribution in [0.25, 0.3) is 0 Å². The van der Waals surface area contributed by atoms with Crippen molar-refractivity contribution in [3.8, 4) is 0 Å². The molecule has 0 spiro atoms. The first-order valence-electron chi connectivity index (χ1n) is 5.76. The number of anilines is 1. The third kappa shape index (κ3) is 2.92. The van der Waals surface area contributed by atoms with Crippen molar-refractivity contribution in [2.75, 3.05) is 31.1 Å². The molecule has 1 aliphatic heterocycles. The van der Waals surface area contributed by atoms with Gasteiger partial charge in [-0.05, 0) is 22.4 Å². The second-order valence-corrected chi connectivity index (χ2v) is 5.30. The maximum atomic E-state index is 11.4. The smallest absolute Gasteiger partial charge is 0.219 e. The van der Waals surface area contributed by atoms with E-state index in [1.165, 1.54) is 6.33 Å². The fourth-order valence-corrected chi connectivity index (χ4v) is 2.59. The highest BCUT2D eigenvalue weighted by Gasteiger charge is 2.20. The van der Waals surface area contributed by atoms with Crippen molar-refractivity contribution in [1.82, 2.24) is 14.9 Å². The van der Waals surface area contributed by atoms with E-state index in [0.29, 0.717) is 16.2 Å². The van der Waals surface area contributed by atoms with E-state index in [9.17, 15) is 4.79 Å². The highest BCUT2D eigenvalue weighted by atomic mass is 79.9. The largest absolute Gasteiger partial charge is 0.354 e. The first-order valence-corrected chi connectivity index (χ1v) is 6.93. The molecule has 98 valence electrons. The van der Waals surface area contributed by atoms with Crippen LogP contribution in [0.4, 0.5) is 5.82 Å². The summed E-state index contributed by atoms with van der Waals surface area (Å²) in [4.78, 5) is 23.5. The van der Waals surface area contributed by atoms with Gasteiger partial charge in [-0.25, -0.2) is 9.97 Å². The van der Waals surface area contributed by atoms with Gasteiger partial charge in [0.1, 0.15) is 17.3 Å². The monoisotopic (exact) mass is 332 g/mol. The normalized spacial score (nSPS) is 16.6. The molecule has 0 radical (unpaired) electrons. The van der Waals surface area contributed by atoms with Crippen molar-refractivity contribution in [3.63, 3.8) is 0 Å². The predicted molar refractivity (Wildman–Crippen MR) is 73.8 cm³/mol. The van der Waals surface area contributed by atoms with Gasteiger partial charge in [-0.2, -0.15) is 0 Å². The highest BCUT2D eigenvalue weighted by molar-refractivity contribution is 9.10. The molecule has 0 aliphatic carbocycles. The molecule has 0 N–H and O–H groups in total. The number of halogens is 2. The van der Waals surface area contributed by atoms with E-state index >= 15 is 0 Å². The van der Waals surface area contributed by atoms with Gasteiger partial charge in [0, 0.05) is 33.1 Å². The molecule has 2 rings (SSSR count).